The lowest BCUT2D eigenvalue weighted by Gasteiger charge is -2.12. The van der Waals surface area contributed by atoms with Gasteiger partial charge in [-0.15, -0.1) is 35.3 Å². The Kier molecular flexibility index (Phi) is 17.5. The molecule has 0 aliphatic rings. The van der Waals surface area contributed by atoms with Crippen LogP contribution in [0.5, 0.6) is 0 Å². The number of thiocarbonyl (C=S) groups is 2. The van der Waals surface area contributed by atoms with Gasteiger partial charge in [-0.3, -0.25) is 9.59 Å². The van der Waals surface area contributed by atoms with Crippen molar-refractivity contribution >= 4 is 91.0 Å². The first-order valence-corrected chi connectivity index (χ1v) is 14.8. The largest absolute Gasteiger partial charge is 0.468 e. The Hall–Kier alpha value is -1.04. The van der Waals surface area contributed by atoms with Crippen LogP contribution in [-0.4, -0.2) is 43.7 Å². The van der Waals surface area contributed by atoms with E-state index in [2.05, 4.69) is 58.0 Å². The molecule has 0 heterocycles. The second-order valence-electron chi connectivity index (χ2n) is 6.69. The van der Waals surface area contributed by atoms with E-state index in [1.54, 1.807) is 30.4 Å². The molecule has 184 valence electrons. The van der Waals surface area contributed by atoms with Crippen molar-refractivity contribution < 1.29 is 19.1 Å². The van der Waals surface area contributed by atoms with Crippen molar-refractivity contribution in [2.45, 2.75) is 35.9 Å². The van der Waals surface area contributed by atoms with Gasteiger partial charge in [-0.05, 0) is 25.0 Å². The summed E-state index contributed by atoms with van der Waals surface area (Å²) in [5.74, 6) is 1.62. The summed E-state index contributed by atoms with van der Waals surface area (Å²) < 4.78 is 10.8. The normalized spacial score (nSPS) is 11.9. The molecule has 0 spiro atoms. The predicted octanol–water partition coefficient (Wildman–Crippen LogP) is 7.00. The number of esters is 1. The highest BCUT2D eigenvalue weighted by Gasteiger charge is 2.17. The van der Waals surface area contributed by atoms with Crippen molar-refractivity contribution in [1.82, 2.24) is 0 Å². The minimum absolute atomic E-state index is 0.0787. The van der Waals surface area contributed by atoms with Crippen molar-refractivity contribution in [2.24, 2.45) is 0 Å². The van der Waals surface area contributed by atoms with Gasteiger partial charge in [0.15, 0.2) is 0 Å². The van der Waals surface area contributed by atoms with Gasteiger partial charge in [0.2, 0.25) is 0 Å². The Morgan fingerprint density at radius 1 is 0.882 bits per heavy atom. The van der Waals surface area contributed by atoms with E-state index in [4.69, 9.17) is 24.4 Å². The van der Waals surface area contributed by atoms with Gasteiger partial charge in [-0.25, -0.2) is 0 Å². The molecule has 2 unspecified atom stereocenters. The Morgan fingerprint density at radius 2 is 1.38 bits per heavy atom. The SMILES string of the molecule is COC(=O)C(C)SC(=S)SC(C)COC=O.S=C(SCc1ccccc1)SCc1ccccc1. The molecule has 2 rings (SSSR count). The molecule has 0 aliphatic heterocycles. The number of hydrogen-bond donors (Lipinski definition) is 0. The van der Waals surface area contributed by atoms with Crippen molar-refractivity contribution in [3.8, 4) is 0 Å². The molecule has 0 amide bonds. The fourth-order valence-electron chi connectivity index (χ4n) is 2.23. The molecule has 0 radical (unpaired) electrons. The molecule has 0 bridgehead atoms. The van der Waals surface area contributed by atoms with E-state index in [1.807, 2.05) is 19.1 Å². The molecule has 0 N–H and O–H groups in total. The summed E-state index contributed by atoms with van der Waals surface area (Å²) >= 11 is 16.6. The number of methoxy groups -OCH3 is 1. The van der Waals surface area contributed by atoms with Gasteiger partial charge in [0.1, 0.15) is 18.9 Å². The van der Waals surface area contributed by atoms with Crippen LogP contribution in [-0.2, 0) is 30.6 Å². The van der Waals surface area contributed by atoms with Crippen LogP contribution in [0.25, 0.3) is 0 Å². The number of benzene rings is 2. The monoisotopic (exact) mass is 572 g/mol. The smallest absolute Gasteiger partial charge is 0.318 e. The van der Waals surface area contributed by atoms with E-state index in [1.165, 1.54) is 41.8 Å². The zero-order chi connectivity index (χ0) is 25.2. The number of hydrogen-bond acceptors (Lipinski definition) is 10. The summed E-state index contributed by atoms with van der Waals surface area (Å²) in [5, 5.41) is -0.237. The second-order valence-corrected chi connectivity index (χ2v) is 13.8. The van der Waals surface area contributed by atoms with Gasteiger partial charge in [-0.1, -0.05) is 96.9 Å². The average Bonchev–Trinajstić information content (AvgIpc) is 2.86. The highest BCUT2D eigenvalue weighted by molar-refractivity contribution is 8.47. The van der Waals surface area contributed by atoms with Crippen molar-refractivity contribution in [1.29, 1.82) is 0 Å². The van der Waals surface area contributed by atoms with E-state index >= 15 is 0 Å². The molecule has 4 nitrogen and oxygen atoms in total. The molecular weight excluding hydrogens is 545 g/mol. The van der Waals surface area contributed by atoms with Crippen LogP contribution < -0.4 is 0 Å². The summed E-state index contributed by atoms with van der Waals surface area (Å²) in [6, 6.07) is 20.9. The molecule has 0 saturated carbocycles. The zero-order valence-corrected chi connectivity index (χ0v) is 24.1. The van der Waals surface area contributed by atoms with Crippen molar-refractivity contribution in [3.05, 3.63) is 71.8 Å². The minimum atomic E-state index is -0.316. The van der Waals surface area contributed by atoms with Gasteiger partial charge in [0.25, 0.3) is 6.47 Å². The Labute approximate surface area is 230 Å². The molecule has 2 aromatic carbocycles. The van der Waals surface area contributed by atoms with E-state index in [-0.39, 0.29) is 16.5 Å². The Balaban J connectivity index is 0.000000344. The van der Waals surface area contributed by atoms with Crippen LogP contribution >= 0.6 is 71.5 Å². The zero-order valence-electron chi connectivity index (χ0n) is 19.2. The first kappa shape index (κ1) is 31.0. The fourth-order valence-corrected chi connectivity index (χ4v) is 7.26. The number of thioether (sulfide) groups is 4. The summed E-state index contributed by atoms with van der Waals surface area (Å²) in [6.07, 6.45) is 0. The maximum absolute atomic E-state index is 11.1. The quantitative estimate of drug-likeness (QED) is 0.169. The summed E-state index contributed by atoms with van der Waals surface area (Å²) in [6.45, 7) is 4.34. The molecule has 0 aromatic heterocycles. The lowest BCUT2D eigenvalue weighted by Crippen LogP contribution is -2.17. The third kappa shape index (κ3) is 15.1. The number of carbonyl (C=O) groups excluding carboxylic acids is 2. The van der Waals surface area contributed by atoms with Crippen LogP contribution in [0.3, 0.4) is 0 Å². The standard InChI is InChI=1S/C15H14S3.C9H14O4S3/c16-15(17-11-13-7-3-1-4-8-13)18-12-14-9-5-2-6-10-14;1-6(4-13-5-10)15-9(14)16-7(2)8(11)12-3/h1-10H,11-12H2;5-7H,4H2,1-3H3. The Morgan fingerprint density at radius 3 is 1.82 bits per heavy atom. The van der Waals surface area contributed by atoms with Gasteiger partial charge < -0.3 is 9.47 Å². The molecule has 10 heteroatoms. The van der Waals surface area contributed by atoms with Crippen LogP contribution in [0.1, 0.15) is 25.0 Å². The lowest BCUT2D eigenvalue weighted by molar-refractivity contribution is -0.139. The summed E-state index contributed by atoms with van der Waals surface area (Å²) in [4.78, 5) is 21.1. The van der Waals surface area contributed by atoms with Crippen LogP contribution in [0, 0.1) is 0 Å². The van der Waals surface area contributed by atoms with E-state index in [0.29, 0.717) is 16.6 Å². The summed E-state index contributed by atoms with van der Waals surface area (Å²) in [7, 11) is 1.34. The van der Waals surface area contributed by atoms with Crippen LogP contribution in [0.4, 0.5) is 0 Å². The van der Waals surface area contributed by atoms with Gasteiger partial charge in [-0.2, -0.15) is 0 Å². The predicted molar refractivity (Wildman–Crippen MR) is 159 cm³/mol. The molecule has 2 atom stereocenters. The van der Waals surface area contributed by atoms with E-state index in [9.17, 15) is 9.59 Å². The van der Waals surface area contributed by atoms with Gasteiger partial charge >= 0.3 is 5.97 Å². The molecule has 0 saturated heterocycles. The van der Waals surface area contributed by atoms with Crippen LogP contribution in [0.2, 0.25) is 0 Å². The maximum atomic E-state index is 11.1. The van der Waals surface area contributed by atoms with E-state index in [0.717, 1.165) is 15.0 Å². The third-order valence-corrected chi connectivity index (χ3v) is 9.37. The molecule has 2 aromatic rings. The maximum Gasteiger partial charge on any atom is 0.318 e. The lowest BCUT2D eigenvalue weighted by atomic mass is 10.2. The van der Waals surface area contributed by atoms with Crippen LogP contribution in [0.15, 0.2) is 60.7 Å². The van der Waals surface area contributed by atoms with Gasteiger partial charge in [0.05, 0.1) is 7.11 Å². The Bertz CT molecular complexity index is 834. The van der Waals surface area contributed by atoms with Crippen molar-refractivity contribution in [3.63, 3.8) is 0 Å². The number of ether oxygens (including phenoxy) is 2. The number of carbonyl (C=O) groups is 2. The van der Waals surface area contributed by atoms with Gasteiger partial charge in [0, 0.05) is 16.8 Å². The fraction of sp³-hybridized carbons (Fsp3) is 0.333. The minimum Gasteiger partial charge on any atom is -0.468 e. The topological polar surface area (TPSA) is 52.6 Å². The highest BCUT2D eigenvalue weighted by Crippen LogP contribution is 2.26. The molecule has 34 heavy (non-hydrogen) atoms. The molecule has 0 aliphatic carbocycles. The van der Waals surface area contributed by atoms with E-state index < -0.39 is 0 Å². The highest BCUT2D eigenvalue weighted by atomic mass is 32.2. The van der Waals surface area contributed by atoms with Crippen molar-refractivity contribution in [2.75, 3.05) is 13.7 Å². The first-order chi connectivity index (χ1) is 16.3. The first-order valence-electron chi connectivity index (χ1n) is 10.2. The molecular formula is C24H28O4S6. The molecule has 0 fully saturated rings. The second kappa shape index (κ2) is 19.2. The third-order valence-electron chi connectivity index (χ3n) is 3.90. The number of rotatable bonds is 10. The summed E-state index contributed by atoms with van der Waals surface area (Å²) in [5.41, 5.74) is 2.65. The average molecular weight is 573 g/mol.